The smallest absolute Gasteiger partial charge is 0.0406 e. The average Bonchev–Trinajstić information content (AvgIpc) is 2.42. The first-order valence-corrected chi connectivity index (χ1v) is 7.41. The Kier molecular flexibility index (Phi) is 5.12. The first-order chi connectivity index (χ1) is 8.78. The van der Waals surface area contributed by atoms with E-state index in [2.05, 4.69) is 36.4 Å². The zero-order chi connectivity index (χ0) is 12.8. The normalized spacial score (nSPS) is 10.6. The van der Waals surface area contributed by atoms with Gasteiger partial charge in [0.05, 0.1) is 0 Å². The Labute approximate surface area is 117 Å². The summed E-state index contributed by atoms with van der Waals surface area (Å²) in [6.45, 7) is 0.609. The van der Waals surface area contributed by atoms with Crippen molar-refractivity contribution in [2.75, 3.05) is 0 Å². The molecule has 0 aliphatic rings. The third-order valence-corrected chi connectivity index (χ3v) is 4.04. The maximum absolute atomic E-state index is 5.85. The molecule has 0 unspecified atom stereocenters. The van der Waals surface area contributed by atoms with E-state index >= 15 is 0 Å². The van der Waals surface area contributed by atoms with Crippen molar-refractivity contribution in [3.8, 4) is 0 Å². The molecule has 0 fully saturated rings. The van der Waals surface area contributed by atoms with E-state index in [1.165, 1.54) is 16.7 Å². The van der Waals surface area contributed by atoms with Gasteiger partial charge in [-0.25, -0.2) is 0 Å². The first-order valence-electron chi connectivity index (χ1n) is 5.88. The number of benzene rings is 2. The van der Waals surface area contributed by atoms with Crippen LogP contribution in [0.1, 0.15) is 16.7 Å². The molecule has 0 saturated carbocycles. The molecule has 0 atom stereocenters. The van der Waals surface area contributed by atoms with Crippen molar-refractivity contribution in [2.45, 2.75) is 18.1 Å². The van der Waals surface area contributed by atoms with Crippen LogP contribution in [0.4, 0.5) is 0 Å². The van der Waals surface area contributed by atoms with Crippen molar-refractivity contribution >= 4 is 23.4 Å². The fraction of sp³-hybridized carbons (Fsp3) is 0.200. The molecular formula is C15H16ClNS. The van der Waals surface area contributed by atoms with Gasteiger partial charge in [-0.15, -0.1) is 0 Å². The highest BCUT2D eigenvalue weighted by Crippen LogP contribution is 2.19. The first kappa shape index (κ1) is 13.5. The minimum atomic E-state index is 0.609. The van der Waals surface area contributed by atoms with Crippen LogP contribution in [-0.2, 0) is 18.1 Å². The topological polar surface area (TPSA) is 26.0 Å². The van der Waals surface area contributed by atoms with Crippen LogP contribution in [0.2, 0.25) is 5.02 Å². The maximum Gasteiger partial charge on any atom is 0.0406 e. The SMILES string of the molecule is NCc1ccc(CSCc2ccc(Cl)cc2)cc1. The highest BCUT2D eigenvalue weighted by Gasteiger charge is 1.97. The van der Waals surface area contributed by atoms with Gasteiger partial charge in [-0.1, -0.05) is 48.0 Å². The van der Waals surface area contributed by atoms with Crippen molar-refractivity contribution in [1.29, 1.82) is 0 Å². The van der Waals surface area contributed by atoms with Crippen LogP contribution in [-0.4, -0.2) is 0 Å². The minimum absolute atomic E-state index is 0.609. The molecule has 0 aliphatic carbocycles. The molecule has 0 aliphatic heterocycles. The number of rotatable bonds is 5. The van der Waals surface area contributed by atoms with Crippen molar-refractivity contribution in [3.05, 3.63) is 70.2 Å². The molecule has 2 aromatic carbocycles. The Balaban J connectivity index is 1.82. The zero-order valence-electron chi connectivity index (χ0n) is 10.1. The zero-order valence-corrected chi connectivity index (χ0v) is 11.7. The Bertz CT molecular complexity index is 479. The second kappa shape index (κ2) is 6.83. The molecule has 0 radical (unpaired) electrons. The van der Waals surface area contributed by atoms with Gasteiger partial charge in [0.25, 0.3) is 0 Å². The van der Waals surface area contributed by atoms with Crippen LogP contribution < -0.4 is 5.73 Å². The van der Waals surface area contributed by atoms with Crippen molar-refractivity contribution < 1.29 is 0 Å². The Morgan fingerprint density at radius 1 is 0.778 bits per heavy atom. The molecule has 0 amide bonds. The van der Waals surface area contributed by atoms with E-state index in [9.17, 15) is 0 Å². The molecule has 0 heterocycles. The predicted octanol–water partition coefficient (Wildman–Crippen LogP) is 4.23. The summed E-state index contributed by atoms with van der Waals surface area (Å²) in [6.07, 6.45) is 0. The van der Waals surface area contributed by atoms with E-state index in [0.717, 1.165) is 16.5 Å². The van der Waals surface area contributed by atoms with Crippen LogP contribution in [0.15, 0.2) is 48.5 Å². The van der Waals surface area contributed by atoms with E-state index < -0.39 is 0 Å². The van der Waals surface area contributed by atoms with Gasteiger partial charge in [0, 0.05) is 23.1 Å². The van der Waals surface area contributed by atoms with Gasteiger partial charge >= 0.3 is 0 Å². The molecule has 0 bridgehead atoms. The molecule has 0 saturated heterocycles. The standard InChI is InChI=1S/C15H16ClNS/c16-15-7-5-14(6-8-15)11-18-10-13-3-1-12(9-17)2-4-13/h1-8H,9-11,17H2. The Morgan fingerprint density at radius 3 is 1.72 bits per heavy atom. The number of thioether (sulfide) groups is 1. The molecule has 94 valence electrons. The molecular weight excluding hydrogens is 262 g/mol. The van der Waals surface area contributed by atoms with Crippen LogP contribution >= 0.6 is 23.4 Å². The van der Waals surface area contributed by atoms with Gasteiger partial charge in [0.1, 0.15) is 0 Å². The lowest BCUT2D eigenvalue weighted by Gasteiger charge is -2.04. The van der Waals surface area contributed by atoms with Gasteiger partial charge in [-0.3, -0.25) is 0 Å². The summed E-state index contributed by atoms with van der Waals surface area (Å²) >= 11 is 7.76. The molecule has 3 heteroatoms. The summed E-state index contributed by atoms with van der Waals surface area (Å²) in [7, 11) is 0. The highest BCUT2D eigenvalue weighted by atomic mass is 35.5. The molecule has 2 aromatic rings. The van der Waals surface area contributed by atoms with Gasteiger partial charge in [-0.2, -0.15) is 11.8 Å². The van der Waals surface area contributed by atoms with Crippen LogP contribution in [0, 0.1) is 0 Å². The van der Waals surface area contributed by atoms with Gasteiger partial charge < -0.3 is 5.73 Å². The van der Waals surface area contributed by atoms with Gasteiger partial charge in [0.2, 0.25) is 0 Å². The van der Waals surface area contributed by atoms with Crippen LogP contribution in [0.25, 0.3) is 0 Å². The lowest BCUT2D eigenvalue weighted by atomic mass is 10.1. The van der Waals surface area contributed by atoms with E-state index in [1.807, 2.05) is 23.9 Å². The average molecular weight is 278 g/mol. The minimum Gasteiger partial charge on any atom is -0.326 e. The summed E-state index contributed by atoms with van der Waals surface area (Å²) in [5, 5.41) is 0.793. The summed E-state index contributed by atoms with van der Waals surface area (Å²) in [5.74, 6) is 2.03. The lowest BCUT2D eigenvalue weighted by Crippen LogP contribution is -1.95. The van der Waals surface area contributed by atoms with Crippen molar-refractivity contribution in [2.24, 2.45) is 5.73 Å². The summed E-state index contributed by atoms with van der Waals surface area (Å²) in [6, 6.07) is 16.5. The van der Waals surface area contributed by atoms with Gasteiger partial charge in [-0.05, 0) is 28.8 Å². The summed E-state index contributed by atoms with van der Waals surface area (Å²) < 4.78 is 0. The second-order valence-electron chi connectivity index (χ2n) is 4.14. The largest absolute Gasteiger partial charge is 0.326 e. The highest BCUT2D eigenvalue weighted by molar-refractivity contribution is 7.97. The van der Waals surface area contributed by atoms with E-state index in [1.54, 1.807) is 0 Å². The second-order valence-corrected chi connectivity index (χ2v) is 5.56. The lowest BCUT2D eigenvalue weighted by molar-refractivity contribution is 1.07. The van der Waals surface area contributed by atoms with Crippen molar-refractivity contribution in [3.63, 3.8) is 0 Å². The fourth-order valence-electron chi connectivity index (χ4n) is 1.64. The van der Waals surface area contributed by atoms with Crippen LogP contribution in [0.5, 0.6) is 0 Å². The van der Waals surface area contributed by atoms with Crippen LogP contribution in [0.3, 0.4) is 0 Å². The Hall–Kier alpha value is -0.960. The molecule has 0 aromatic heterocycles. The molecule has 18 heavy (non-hydrogen) atoms. The number of halogens is 1. The number of hydrogen-bond donors (Lipinski definition) is 1. The monoisotopic (exact) mass is 277 g/mol. The quantitative estimate of drug-likeness (QED) is 0.885. The van der Waals surface area contributed by atoms with E-state index in [0.29, 0.717) is 6.54 Å². The van der Waals surface area contributed by atoms with E-state index in [4.69, 9.17) is 17.3 Å². The summed E-state index contributed by atoms with van der Waals surface area (Å²) in [5.41, 5.74) is 9.40. The number of nitrogens with two attached hydrogens (primary N) is 1. The maximum atomic E-state index is 5.85. The number of hydrogen-bond acceptors (Lipinski definition) is 2. The predicted molar refractivity (Wildman–Crippen MR) is 80.8 cm³/mol. The third-order valence-electron chi connectivity index (χ3n) is 2.71. The molecule has 0 spiro atoms. The fourth-order valence-corrected chi connectivity index (χ4v) is 2.72. The third kappa shape index (κ3) is 4.05. The Morgan fingerprint density at radius 2 is 1.22 bits per heavy atom. The van der Waals surface area contributed by atoms with Crippen molar-refractivity contribution in [1.82, 2.24) is 0 Å². The van der Waals surface area contributed by atoms with Gasteiger partial charge in [0.15, 0.2) is 0 Å². The molecule has 2 N–H and O–H groups in total. The molecule has 1 nitrogen and oxygen atoms in total. The van der Waals surface area contributed by atoms with E-state index in [-0.39, 0.29) is 0 Å². The summed E-state index contributed by atoms with van der Waals surface area (Å²) in [4.78, 5) is 0. The molecule has 2 rings (SSSR count).